The zero-order chi connectivity index (χ0) is 23.6. The molecule has 0 aromatic heterocycles. The minimum atomic E-state index is -0.428. The van der Waals surface area contributed by atoms with E-state index < -0.39 is 5.97 Å². The van der Waals surface area contributed by atoms with Gasteiger partial charge in [-0.2, -0.15) is 0 Å². The molecule has 174 valence electrons. The summed E-state index contributed by atoms with van der Waals surface area (Å²) in [6.45, 7) is 9.41. The summed E-state index contributed by atoms with van der Waals surface area (Å²) in [5.41, 5.74) is 0.453. The van der Waals surface area contributed by atoms with E-state index in [2.05, 4.69) is 13.8 Å². The number of carbonyl (C=O) groups is 2. The minimum Gasteiger partial charge on any atom is -0.493 e. The van der Waals surface area contributed by atoms with Crippen LogP contribution in [-0.2, 0) is 14.3 Å². The van der Waals surface area contributed by atoms with Crippen molar-refractivity contribution in [3.05, 3.63) is 23.8 Å². The second kappa shape index (κ2) is 12.3. The molecular weight excluding hydrogens is 398 g/mol. The van der Waals surface area contributed by atoms with Crippen LogP contribution in [0.5, 0.6) is 17.2 Å². The van der Waals surface area contributed by atoms with Crippen LogP contribution in [0.1, 0.15) is 46.1 Å². The zero-order valence-corrected chi connectivity index (χ0v) is 20.1. The molecule has 0 amide bonds. The van der Waals surface area contributed by atoms with E-state index in [1.165, 1.54) is 20.3 Å². The Morgan fingerprint density at radius 3 is 2.16 bits per heavy atom. The number of nitrogens with zero attached hydrogens (tertiary/aromatic N) is 1. The van der Waals surface area contributed by atoms with Gasteiger partial charge < -0.3 is 23.8 Å². The number of methoxy groups -OCH3 is 2. The molecule has 0 saturated carbocycles. The summed E-state index contributed by atoms with van der Waals surface area (Å²) < 4.78 is 21.6. The fourth-order valence-electron chi connectivity index (χ4n) is 2.59. The average molecular weight is 436 g/mol. The zero-order valence-electron chi connectivity index (χ0n) is 20.1. The maximum absolute atomic E-state index is 12.5. The second-order valence-corrected chi connectivity index (χ2v) is 8.71. The average Bonchev–Trinajstić information content (AvgIpc) is 2.69. The topological polar surface area (TPSA) is 74.3 Å². The number of carbonyl (C=O) groups excluding carboxylic acids is 2. The summed E-state index contributed by atoms with van der Waals surface area (Å²) in [4.78, 5) is 26.5. The van der Waals surface area contributed by atoms with Gasteiger partial charge in [0.25, 0.3) is 0 Å². The van der Waals surface area contributed by atoms with Crippen molar-refractivity contribution in [3.63, 3.8) is 0 Å². The highest BCUT2D eigenvalue weighted by Crippen LogP contribution is 2.40. The van der Waals surface area contributed by atoms with Gasteiger partial charge in [0.05, 0.1) is 27.2 Å². The standard InChI is InChI=1S/C24H37NO6/c1-17(2)24(3,4)16-22(27)31-23-19(28-7)14-18(15-20(23)29-8)10-11-21(26)30-13-9-12-25(5)6/h10-11,14-15,17H,9,12-13,16H2,1-8H3/b11-10+. The Bertz CT molecular complexity index is 742. The second-order valence-electron chi connectivity index (χ2n) is 8.71. The van der Waals surface area contributed by atoms with Crippen LogP contribution in [0.2, 0.25) is 0 Å². The van der Waals surface area contributed by atoms with E-state index in [1.54, 1.807) is 18.2 Å². The molecule has 0 fully saturated rings. The van der Waals surface area contributed by atoms with E-state index >= 15 is 0 Å². The van der Waals surface area contributed by atoms with Crippen molar-refractivity contribution in [3.8, 4) is 17.2 Å². The molecule has 0 spiro atoms. The van der Waals surface area contributed by atoms with Crippen LogP contribution in [0.25, 0.3) is 6.08 Å². The fourth-order valence-corrected chi connectivity index (χ4v) is 2.59. The van der Waals surface area contributed by atoms with Gasteiger partial charge in [-0.3, -0.25) is 4.79 Å². The molecule has 0 aliphatic rings. The highest BCUT2D eigenvalue weighted by Gasteiger charge is 2.28. The van der Waals surface area contributed by atoms with E-state index in [-0.39, 0.29) is 23.6 Å². The Morgan fingerprint density at radius 1 is 1.10 bits per heavy atom. The van der Waals surface area contributed by atoms with Crippen molar-refractivity contribution in [2.24, 2.45) is 11.3 Å². The number of esters is 2. The Morgan fingerprint density at radius 2 is 1.68 bits per heavy atom. The third kappa shape index (κ3) is 9.00. The summed E-state index contributed by atoms with van der Waals surface area (Å²) in [5.74, 6) is 0.433. The minimum absolute atomic E-state index is 0.201. The Labute approximate surface area is 186 Å². The lowest BCUT2D eigenvalue weighted by atomic mass is 9.78. The van der Waals surface area contributed by atoms with E-state index in [0.29, 0.717) is 29.6 Å². The first kappa shape index (κ1) is 26.5. The molecule has 1 rings (SSSR count). The van der Waals surface area contributed by atoms with Gasteiger partial charge in [-0.15, -0.1) is 0 Å². The van der Waals surface area contributed by atoms with Crippen LogP contribution in [0.15, 0.2) is 18.2 Å². The number of rotatable bonds is 12. The predicted octanol–water partition coefficient (Wildman–Crippen LogP) is 4.19. The van der Waals surface area contributed by atoms with Gasteiger partial charge in [-0.1, -0.05) is 27.7 Å². The van der Waals surface area contributed by atoms with Gasteiger partial charge >= 0.3 is 11.9 Å². The van der Waals surface area contributed by atoms with Crippen molar-refractivity contribution in [2.75, 3.05) is 41.5 Å². The lowest BCUT2D eigenvalue weighted by molar-refractivity contribution is -0.138. The monoisotopic (exact) mass is 435 g/mol. The number of hydrogen-bond acceptors (Lipinski definition) is 7. The van der Waals surface area contributed by atoms with Crippen LogP contribution in [0, 0.1) is 11.3 Å². The predicted molar refractivity (Wildman–Crippen MR) is 122 cm³/mol. The molecule has 0 N–H and O–H groups in total. The molecule has 0 aliphatic heterocycles. The molecule has 0 bridgehead atoms. The molecular formula is C24H37NO6. The Balaban J connectivity index is 2.91. The summed E-state index contributed by atoms with van der Waals surface area (Å²) in [6, 6.07) is 3.35. The number of ether oxygens (including phenoxy) is 4. The Hall–Kier alpha value is -2.54. The molecule has 7 nitrogen and oxygen atoms in total. The first-order valence-corrected chi connectivity index (χ1v) is 10.5. The smallest absolute Gasteiger partial charge is 0.330 e. The van der Waals surface area contributed by atoms with Gasteiger partial charge in [-0.25, -0.2) is 4.79 Å². The van der Waals surface area contributed by atoms with Gasteiger partial charge in [0.15, 0.2) is 11.5 Å². The van der Waals surface area contributed by atoms with Gasteiger partial charge in [0.1, 0.15) is 0 Å². The number of hydrogen-bond donors (Lipinski definition) is 0. The van der Waals surface area contributed by atoms with Crippen molar-refractivity contribution in [1.29, 1.82) is 0 Å². The van der Waals surface area contributed by atoms with Crippen LogP contribution < -0.4 is 14.2 Å². The molecule has 0 radical (unpaired) electrons. The lowest BCUT2D eigenvalue weighted by Crippen LogP contribution is -2.25. The van der Waals surface area contributed by atoms with Gasteiger partial charge in [-0.05, 0) is 55.6 Å². The van der Waals surface area contributed by atoms with Crippen molar-refractivity contribution in [2.45, 2.75) is 40.5 Å². The van der Waals surface area contributed by atoms with Crippen molar-refractivity contribution < 1.29 is 28.5 Å². The summed E-state index contributed by atoms with van der Waals surface area (Å²) in [6.07, 6.45) is 3.98. The molecule has 0 saturated heterocycles. The van der Waals surface area contributed by atoms with Crippen LogP contribution in [-0.4, -0.2) is 58.3 Å². The first-order chi connectivity index (χ1) is 14.5. The highest BCUT2D eigenvalue weighted by molar-refractivity contribution is 5.87. The van der Waals surface area contributed by atoms with E-state index in [9.17, 15) is 9.59 Å². The molecule has 1 aromatic carbocycles. The first-order valence-electron chi connectivity index (χ1n) is 10.5. The maximum Gasteiger partial charge on any atom is 0.330 e. The molecule has 31 heavy (non-hydrogen) atoms. The maximum atomic E-state index is 12.5. The Kier molecular flexibility index (Phi) is 10.6. The van der Waals surface area contributed by atoms with Gasteiger partial charge in [0.2, 0.25) is 5.75 Å². The van der Waals surface area contributed by atoms with Crippen LogP contribution in [0.4, 0.5) is 0 Å². The van der Waals surface area contributed by atoms with Crippen LogP contribution in [0.3, 0.4) is 0 Å². The van der Waals surface area contributed by atoms with E-state index in [0.717, 1.165) is 13.0 Å². The highest BCUT2D eigenvalue weighted by atomic mass is 16.6. The fraction of sp³-hybridized carbons (Fsp3) is 0.583. The summed E-state index contributed by atoms with van der Waals surface area (Å²) in [5, 5.41) is 0. The number of benzene rings is 1. The molecule has 0 unspecified atom stereocenters. The largest absolute Gasteiger partial charge is 0.493 e. The molecule has 7 heteroatoms. The van der Waals surface area contributed by atoms with Gasteiger partial charge in [0, 0.05) is 12.6 Å². The summed E-state index contributed by atoms with van der Waals surface area (Å²) in [7, 11) is 6.90. The third-order valence-electron chi connectivity index (χ3n) is 5.27. The van der Waals surface area contributed by atoms with E-state index in [1.807, 2.05) is 32.8 Å². The molecule has 1 aromatic rings. The van der Waals surface area contributed by atoms with E-state index in [4.69, 9.17) is 18.9 Å². The SMILES string of the molecule is COc1cc(/C=C/C(=O)OCCCN(C)C)cc(OC)c1OC(=O)CC(C)(C)C(C)C. The molecule has 0 heterocycles. The summed E-state index contributed by atoms with van der Waals surface area (Å²) >= 11 is 0. The lowest BCUT2D eigenvalue weighted by Gasteiger charge is -2.28. The van der Waals surface area contributed by atoms with Crippen molar-refractivity contribution in [1.82, 2.24) is 4.90 Å². The normalized spacial score (nSPS) is 11.8. The molecule has 0 atom stereocenters. The molecule has 0 aliphatic carbocycles. The quantitative estimate of drug-likeness (QED) is 0.211. The van der Waals surface area contributed by atoms with Crippen LogP contribution >= 0.6 is 0 Å². The van der Waals surface area contributed by atoms with Crippen molar-refractivity contribution >= 4 is 18.0 Å². The third-order valence-corrected chi connectivity index (χ3v) is 5.27.